The Labute approximate surface area is 202 Å². The van der Waals surface area contributed by atoms with Gasteiger partial charge in [0.25, 0.3) is 0 Å². The molecule has 0 aromatic carbocycles. The molecule has 9 heteroatoms. The zero-order valence-corrected chi connectivity index (χ0v) is 23.7. The molecule has 0 heterocycles. The molecule has 186 valence electrons. The standard InChI is InChI=1S/C12H28O4Si.3C3H8O.Ti/c1-7-10(4)14-17(13,15-11(5)8-2)16-12(6)9-3;3*1-2-3-4;/h10-13H,7-9H2,1-6H3;3*4H,2-3H2,1H3;. The Morgan fingerprint density at radius 1 is 0.567 bits per heavy atom. The van der Waals surface area contributed by atoms with E-state index in [2.05, 4.69) is 0 Å². The maximum absolute atomic E-state index is 10.4. The summed E-state index contributed by atoms with van der Waals surface area (Å²) in [7, 11) is -3.50. The number of aliphatic hydroxyl groups is 3. The van der Waals surface area contributed by atoms with E-state index in [-0.39, 0.29) is 40.0 Å². The normalized spacial score (nSPS) is 14.7. The van der Waals surface area contributed by atoms with Gasteiger partial charge in [-0.25, -0.2) is 0 Å². The van der Waals surface area contributed by atoms with Crippen molar-refractivity contribution in [2.45, 2.75) is 119 Å². The molecule has 0 saturated heterocycles. The second kappa shape index (κ2) is 31.8. The first kappa shape index (κ1) is 41.0. The summed E-state index contributed by atoms with van der Waals surface area (Å²) >= 11 is 0. The Balaban J connectivity index is -0.000000131. The second-order valence-electron chi connectivity index (χ2n) is 6.70. The van der Waals surface area contributed by atoms with Crippen molar-refractivity contribution < 1.29 is 55.1 Å². The summed E-state index contributed by atoms with van der Waals surface area (Å²) in [4.78, 5) is 10.4. The Morgan fingerprint density at radius 3 is 0.833 bits per heavy atom. The van der Waals surface area contributed by atoms with E-state index in [1.807, 2.05) is 62.3 Å². The molecule has 0 aromatic rings. The maximum Gasteiger partial charge on any atom is 0.677 e. The maximum atomic E-state index is 10.4. The molecule has 0 fully saturated rings. The summed E-state index contributed by atoms with van der Waals surface area (Å²) in [6.45, 7) is 18.5. The molecule has 4 N–H and O–H groups in total. The van der Waals surface area contributed by atoms with E-state index in [1.165, 1.54) is 0 Å². The molecule has 3 unspecified atom stereocenters. The van der Waals surface area contributed by atoms with Crippen LogP contribution in [-0.4, -0.2) is 67.3 Å². The van der Waals surface area contributed by atoms with Gasteiger partial charge in [0.2, 0.25) is 0 Å². The fourth-order valence-corrected chi connectivity index (χ4v) is 3.29. The summed E-state index contributed by atoms with van der Waals surface area (Å²) in [6, 6.07) is 0. The van der Waals surface area contributed by atoms with E-state index < -0.39 is 9.05 Å². The number of hydrogen-bond acceptors (Lipinski definition) is 7. The van der Waals surface area contributed by atoms with Crippen LogP contribution < -0.4 is 0 Å². The predicted molar refractivity (Wildman–Crippen MR) is 123 cm³/mol. The predicted octanol–water partition coefficient (Wildman–Crippen LogP) is 4.02. The van der Waals surface area contributed by atoms with Gasteiger partial charge in [-0.05, 0) is 59.3 Å². The molecule has 0 spiro atoms. The molecule has 0 aliphatic rings. The van der Waals surface area contributed by atoms with Gasteiger partial charge in [-0.3, -0.25) is 0 Å². The Hall–Kier alpha value is 0.651. The van der Waals surface area contributed by atoms with Gasteiger partial charge in [0, 0.05) is 59.9 Å². The quantitative estimate of drug-likeness (QED) is 0.305. The van der Waals surface area contributed by atoms with Gasteiger partial charge >= 0.3 is 9.05 Å². The molecular weight excluding hydrogens is 440 g/mol. The van der Waals surface area contributed by atoms with Gasteiger partial charge in [0.15, 0.2) is 0 Å². The van der Waals surface area contributed by atoms with Crippen LogP contribution in [0, 0.1) is 0 Å². The first-order chi connectivity index (χ1) is 13.6. The summed E-state index contributed by atoms with van der Waals surface area (Å²) in [5.74, 6) is 0. The molecular formula is C21H52O7SiTi. The largest absolute Gasteiger partial charge is 0.677 e. The van der Waals surface area contributed by atoms with Crippen molar-refractivity contribution in [2.75, 3.05) is 19.8 Å². The zero-order valence-electron chi connectivity index (χ0n) is 21.1. The molecule has 0 aliphatic carbocycles. The molecule has 0 bridgehead atoms. The van der Waals surface area contributed by atoms with Crippen LogP contribution in [0.2, 0.25) is 0 Å². The Kier molecular flexibility index (Phi) is 43.5. The Morgan fingerprint density at radius 2 is 0.733 bits per heavy atom. The first-order valence-corrected chi connectivity index (χ1v) is 12.9. The summed E-state index contributed by atoms with van der Waals surface area (Å²) in [5, 5.41) is 23.6. The fourth-order valence-electron chi connectivity index (χ4n) is 1.10. The van der Waals surface area contributed by atoms with Crippen LogP contribution in [0.4, 0.5) is 0 Å². The summed E-state index contributed by atoms with van der Waals surface area (Å²) in [5.41, 5.74) is 0. The van der Waals surface area contributed by atoms with E-state index in [9.17, 15) is 4.80 Å². The number of aliphatic hydroxyl groups excluding tert-OH is 3. The topological polar surface area (TPSA) is 109 Å². The smallest absolute Gasteiger partial charge is 0.396 e. The SMILES string of the molecule is CCC(C)O[Si](O)(OC(C)CC)OC(C)CC.CCCO.CCCO.CCCO.[Ti]. The van der Waals surface area contributed by atoms with Gasteiger partial charge in [-0.1, -0.05) is 41.5 Å². The van der Waals surface area contributed by atoms with E-state index in [4.69, 9.17) is 28.6 Å². The van der Waals surface area contributed by atoms with Crippen LogP contribution in [0.3, 0.4) is 0 Å². The van der Waals surface area contributed by atoms with E-state index in [1.54, 1.807) is 0 Å². The van der Waals surface area contributed by atoms with Crippen molar-refractivity contribution in [2.24, 2.45) is 0 Å². The molecule has 0 saturated carbocycles. The van der Waals surface area contributed by atoms with Gasteiger partial charge in [0.1, 0.15) is 0 Å². The van der Waals surface area contributed by atoms with Crippen molar-refractivity contribution in [1.82, 2.24) is 0 Å². The average Bonchev–Trinajstić information content (AvgIpc) is 2.73. The van der Waals surface area contributed by atoms with Crippen LogP contribution in [0.1, 0.15) is 101 Å². The Bertz CT molecular complexity index is 243. The van der Waals surface area contributed by atoms with Gasteiger partial charge in [0.05, 0.1) is 0 Å². The summed E-state index contributed by atoms with van der Waals surface area (Å²) < 4.78 is 16.7. The van der Waals surface area contributed by atoms with Gasteiger partial charge in [-0.15, -0.1) is 0 Å². The van der Waals surface area contributed by atoms with Crippen LogP contribution >= 0.6 is 0 Å². The first-order valence-electron chi connectivity index (χ1n) is 11.2. The third kappa shape index (κ3) is 36.0. The van der Waals surface area contributed by atoms with Crippen LogP contribution in [0.25, 0.3) is 0 Å². The minimum absolute atomic E-state index is 0. The molecule has 30 heavy (non-hydrogen) atoms. The third-order valence-electron chi connectivity index (χ3n) is 3.45. The average molecular weight is 493 g/mol. The summed E-state index contributed by atoms with van der Waals surface area (Å²) in [6.07, 6.45) is 4.93. The minimum atomic E-state index is -3.50. The molecule has 3 atom stereocenters. The van der Waals surface area contributed by atoms with Crippen molar-refractivity contribution in [1.29, 1.82) is 0 Å². The van der Waals surface area contributed by atoms with E-state index >= 15 is 0 Å². The molecule has 0 rings (SSSR count). The van der Waals surface area contributed by atoms with Crippen molar-refractivity contribution >= 4 is 9.05 Å². The molecule has 0 amide bonds. The van der Waals surface area contributed by atoms with Crippen molar-refractivity contribution in [3.63, 3.8) is 0 Å². The van der Waals surface area contributed by atoms with Crippen LogP contribution in [-0.2, 0) is 35.0 Å². The van der Waals surface area contributed by atoms with Crippen LogP contribution in [0.5, 0.6) is 0 Å². The second-order valence-corrected chi connectivity index (χ2v) is 8.46. The van der Waals surface area contributed by atoms with Crippen molar-refractivity contribution in [3.8, 4) is 0 Å². The monoisotopic (exact) mass is 492 g/mol. The molecule has 0 aliphatic heterocycles. The molecule has 0 aromatic heterocycles. The van der Waals surface area contributed by atoms with Crippen molar-refractivity contribution in [3.05, 3.63) is 0 Å². The van der Waals surface area contributed by atoms with Crippen LogP contribution in [0.15, 0.2) is 0 Å². The van der Waals surface area contributed by atoms with Gasteiger partial charge < -0.3 is 33.4 Å². The number of rotatable bonds is 12. The van der Waals surface area contributed by atoms with Gasteiger partial charge in [-0.2, -0.15) is 0 Å². The minimum Gasteiger partial charge on any atom is -0.396 e. The van der Waals surface area contributed by atoms with E-state index in [0.717, 1.165) is 38.5 Å². The molecule has 7 nitrogen and oxygen atoms in total. The number of hydrogen-bond donors (Lipinski definition) is 4. The fraction of sp³-hybridized carbons (Fsp3) is 1.00. The third-order valence-corrected chi connectivity index (χ3v) is 5.55. The zero-order chi connectivity index (χ0) is 23.7. The molecule has 0 radical (unpaired) electrons. The van der Waals surface area contributed by atoms with E-state index in [0.29, 0.717) is 19.8 Å².